The number of rotatable bonds is 8. The lowest BCUT2D eigenvalue weighted by molar-refractivity contribution is -0.142. The molecule has 0 fully saturated rings. The number of hydrogen-bond acceptors (Lipinski definition) is 8. The van der Waals surface area contributed by atoms with E-state index in [0.29, 0.717) is 28.9 Å². The Morgan fingerprint density at radius 3 is 2.87 bits per heavy atom. The first-order chi connectivity index (χ1) is 11.1. The van der Waals surface area contributed by atoms with Crippen LogP contribution in [0.3, 0.4) is 0 Å². The Labute approximate surface area is 146 Å². The fourth-order valence-corrected chi connectivity index (χ4v) is 4.33. The number of amides is 1. The van der Waals surface area contributed by atoms with Gasteiger partial charge in [-0.3, -0.25) is 9.59 Å². The third-order valence-corrected chi connectivity index (χ3v) is 5.87. The van der Waals surface area contributed by atoms with E-state index in [0.717, 1.165) is 4.88 Å². The molecule has 0 saturated carbocycles. The van der Waals surface area contributed by atoms with Gasteiger partial charge < -0.3 is 10.1 Å². The maximum Gasteiger partial charge on any atom is 0.319 e. The molecule has 124 valence electrons. The van der Waals surface area contributed by atoms with E-state index in [1.165, 1.54) is 34.4 Å². The molecule has 0 aliphatic heterocycles. The molecule has 0 radical (unpaired) electrons. The van der Waals surface area contributed by atoms with Crippen LogP contribution in [0.25, 0.3) is 0 Å². The highest BCUT2D eigenvalue weighted by Gasteiger charge is 2.21. The number of nitrogens with one attached hydrogen (secondary N) is 1. The summed E-state index contributed by atoms with van der Waals surface area (Å²) in [6, 6.07) is 3.82. The highest BCUT2D eigenvalue weighted by atomic mass is 32.2. The first-order valence-corrected chi connectivity index (χ1v) is 9.69. The Balaban J connectivity index is 1.89. The van der Waals surface area contributed by atoms with Gasteiger partial charge in [-0.25, -0.2) is 0 Å². The van der Waals surface area contributed by atoms with Crippen LogP contribution in [-0.2, 0) is 20.7 Å². The molecule has 2 heterocycles. The second kappa shape index (κ2) is 8.99. The summed E-state index contributed by atoms with van der Waals surface area (Å²) in [5, 5.41) is 12.7. The second-order valence-corrected chi connectivity index (χ2v) is 7.90. The molecule has 1 atom stereocenters. The number of hydrogen-bond donors (Lipinski definition) is 1. The maximum atomic E-state index is 11.9. The maximum absolute atomic E-state index is 11.9. The molecule has 0 bridgehead atoms. The number of aromatic nitrogens is 2. The molecule has 0 aliphatic carbocycles. The van der Waals surface area contributed by atoms with E-state index in [-0.39, 0.29) is 17.1 Å². The van der Waals surface area contributed by atoms with Crippen molar-refractivity contribution in [2.75, 3.05) is 11.9 Å². The van der Waals surface area contributed by atoms with E-state index < -0.39 is 0 Å². The van der Waals surface area contributed by atoms with Crippen molar-refractivity contribution in [1.82, 2.24) is 10.2 Å². The highest BCUT2D eigenvalue weighted by Crippen LogP contribution is 2.31. The van der Waals surface area contributed by atoms with E-state index in [1.54, 1.807) is 6.92 Å². The van der Waals surface area contributed by atoms with Crippen molar-refractivity contribution < 1.29 is 14.3 Å². The lowest BCUT2D eigenvalue weighted by Gasteiger charge is -2.10. The van der Waals surface area contributed by atoms with E-state index in [9.17, 15) is 9.59 Å². The number of anilines is 1. The number of nitrogens with zero attached hydrogens (tertiary/aromatic N) is 2. The van der Waals surface area contributed by atoms with E-state index in [1.807, 2.05) is 24.4 Å². The normalized spacial score (nSPS) is 11.9. The first-order valence-electron chi connectivity index (χ1n) is 7.11. The molecule has 0 spiro atoms. The minimum absolute atomic E-state index is 0.127. The molecule has 23 heavy (non-hydrogen) atoms. The molecule has 0 aliphatic rings. The Morgan fingerprint density at radius 1 is 1.39 bits per heavy atom. The third-order valence-electron chi connectivity index (χ3n) is 2.73. The Morgan fingerprint density at radius 2 is 2.22 bits per heavy atom. The van der Waals surface area contributed by atoms with E-state index in [2.05, 4.69) is 15.5 Å². The monoisotopic (exact) mass is 371 g/mol. The fraction of sp³-hybridized carbons (Fsp3) is 0.429. The predicted octanol–water partition coefficient (Wildman–Crippen LogP) is 3.21. The number of esters is 1. The average molecular weight is 372 g/mol. The Kier molecular flexibility index (Phi) is 7.00. The Bertz CT molecular complexity index is 643. The molecule has 2 aromatic rings. The van der Waals surface area contributed by atoms with E-state index in [4.69, 9.17) is 4.74 Å². The molecule has 2 rings (SSSR count). The summed E-state index contributed by atoms with van der Waals surface area (Å²) in [5.74, 6) is -0.379. The van der Waals surface area contributed by atoms with Gasteiger partial charge in [0.15, 0.2) is 4.34 Å². The number of thiophene rings is 1. The van der Waals surface area contributed by atoms with Crippen molar-refractivity contribution >= 4 is 51.4 Å². The van der Waals surface area contributed by atoms with Gasteiger partial charge in [0.05, 0.1) is 13.0 Å². The molecule has 1 amide bonds. The number of ether oxygens (including phenoxy) is 1. The summed E-state index contributed by atoms with van der Waals surface area (Å²) in [5.41, 5.74) is 0. The van der Waals surface area contributed by atoms with Crippen LogP contribution in [0.4, 0.5) is 5.13 Å². The second-order valence-electron chi connectivity index (χ2n) is 4.44. The van der Waals surface area contributed by atoms with Crippen molar-refractivity contribution in [2.24, 2.45) is 0 Å². The molecule has 0 aromatic carbocycles. The van der Waals surface area contributed by atoms with Gasteiger partial charge >= 0.3 is 5.97 Å². The van der Waals surface area contributed by atoms with Gasteiger partial charge in [0.25, 0.3) is 0 Å². The van der Waals surface area contributed by atoms with Crippen LogP contribution >= 0.6 is 34.4 Å². The van der Waals surface area contributed by atoms with Gasteiger partial charge in [0, 0.05) is 4.88 Å². The lowest BCUT2D eigenvalue weighted by Crippen LogP contribution is -2.19. The quantitative estimate of drug-likeness (QED) is 0.436. The van der Waals surface area contributed by atoms with Crippen LogP contribution in [0.2, 0.25) is 0 Å². The zero-order valence-electron chi connectivity index (χ0n) is 12.8. The van der Waals surface area contributed by atoms with Crippen LogP contribution in [0.1, 0.15) is 25.1 Å². The van der Waals surface area contributed by atoms with Crippen molar-refractivity contribution in [2.45, 2.75) is 36.3 Å². The minimum atomic E-state index is -0.308. The van der Waals surface area contributed by atoms with Gasteiger partial charge in [-0.2, -0.15) is 0 Å². The van der Waals surface area contributed by atoms with Crippen molar-refractivity contribution in [3.63, 3.8) is 0 Å². The first kappa shape index (κ1) is 17.9. The molecule has 1 unspecified atom stereocenters. The van der Waals surface area contributed by atoms with Gasteiger partial charge in [0.1, 0.15) is 5.25 Å². The van der Waals surface area contributed by atoms with Crippen molar-refractivity contribution in [1.29, 1.82) is 0 Å². The van der Waals surface area contributed by atoms with Crippen LogP contribution in [0.15, 0.2) is 21.9 Å². The number of thioether (sulfide) groups is 1. The van der Waals surface area contributed by atoms with Crippen LogP contribution in [0, 0.1) is 0 Å². The van der Waals surface area contributed by atoms with Gasteiger partial charge in [-0.05, 0) is 24.8 Å². The summed E-state index contributed by atoms with van der Waals surface area (Å²) in [7, 11) is 0. The van der Waals surface area contributed by atoms with Crippen LogP contribution < -0.4 is 5.32 Å². The molecule has 9 heteroatoms. The number of carbonyl (C=O) groups is 2. The average Bonchev–Trinajstić information content (AvgIpc) is 3.17. The predicted molar refractivity (Wildman–Crippen MR) is 93.1 cm³/mol. The van der Waals surface area contributed by atoms with Gasteiger partial charge in [-0.15, -0.1) is 21.5 Å². The molecular formula is C14H17N3O3S3. The zero-order chi connectivity index (χ0) is 16.7. The van der Waals surface area contributed by atoms with Gasteiger partial charge in [-0.1, -0.05) is 36.1 Å². The SMILES string of the molecule is CCOC(=O)C(CC)Sc1nnc(NC(=O)Cc2cccs2)s1. The molecule has 2 aromatic heterocycles. The summed E-state index contributed by atoms with van der Waals surface area (Å²) in [6.07, 6.45) is 0.962. The zero-order valence-corrected chi connectivity index (χ0v) is 15.2. The summed E-state index contributed by atoms with van der Waals surface area (Å²) in [4.78, 5) is 24.7. The summed E-state index contributed by atoms with van der Waals surface area (Å²) < 4.78 is 5.66. The molecule has 0 saturated heterocycles. The summed E-state index contributed by atoms with van der Waals surface area (Å²) in [6.45, 7) is 4.05. The van der Waals surface area contributed by atoms with E-state index >= 15 is 0 Å². The van der Waals surface area contributed by atoms with Gasteiger partial charge in [0.2, 0.25) is 11.0 Å². The fourth-order valence-electron chi connectivity index (χ4n) is 1.70. The molecule has 1 N–H and O–H groups in total. The lowest BCUT2D eigenvalue weighted by atomic mass is 10.3. The Hall–Kier alpha value is -1.45. The standard InChI is InChI=1S/C14H17N3O3S3/c1-3-10(12(19)20-4-2)22-14-17-16-13(23-14)15-11(18)8-9-6-5-7-21-9/h5-7,10H,3-4,8H2,1-2H3,(H,15,16,18). The largest absolute Gasteiger partial charge is 0.465 e. The molecule has 6 nitrogen and oxygen atoms in total. The third kappa shape index (κ3) is 5.60. The topological polar surface area (TPSA) is 81.2 Å². The highest BCUT2D eigenvalue weighted by molar-refractivity contribution is 8.02. The summed E-state index contributed by atoms with van der Waals surface area (Å²) >= 11 is 4.11. The number of carbonyl (C=O) groups excluding carboxylic acids is 2. The molecular weight excluding hydrogens is 354 g/mol. The smallest absolute Gasteiger partial charge is 0.319 e. The van der Waals surface area contributed by atoms with Crippen molar-refractivity contribution in [3.05, 3.63) is 22.4 Å². The minimum Gasteiger partial charge on any atom is -0.465 e. The van der Waals surface area contributed by atoms with Crippen molar-refractivity contribution in [3.8, 4) is 0 Å². The van der Waals surface area contributed by atoms with Crippen LogP contribution in [-0.4, -0.2) is 33.9 Å². The van der Waals surface area contributed by atoms with Crippen LogP contribution in [0.5, 0.6) is 0 Å².